The predicted octanol–water partition coefficient (Wildman–Crippen LogP) is 5.10. The molecule has 4 rings (SSSR count). The van der Waals surface area contributed by atoms with E-state index in [1.54, 1.807) is 18.0 Å². The fraction of sp³-hybridized carbons (Fsp3) is 0.333. The number of ketones is 1. The van der Waals surface area contributed by atoms with Crippen LogP contribution in [0.3, 0.4) is 0 Å². The lowest BCUT2D eigenvalue weighted by atomic mass is 10.1. The van der Waals surface area contributed by atoms with Gasteiger partial charge in [0, 0.05) is 42.1 Å². The van der Waals surface area contributed by atoms with Crippen molar-refractivity contribution in [3.05, 3.63) is 71.7 Å². The van der Waals surface area contributed by atoms with E-state index in [2.05, 4.69) is 37.5 Å². The number of aldehydes is 1. The van der Waals surface area contributed by atoms with Gasteiger partial charge in [0.05, 0.1) is 5.03 Å². The maximum absolute atomic E-state index is 12.4. The first kappa shape index (κ1) is 28.4. The summed E-state index contributed by atoms with van der Waals surface area (Å²) in [5.74, 6) is 1.41. The summed E-state index contributed by atoms with van der Waals surface area (Å²) >= 11 is 3.49. The minimum Gasteiger partial charge on any atom is -0.295 e. The molecule has 0 spiro atoms. The molecular formula is C24H28Cl2N4O2S2. The normalized spacial score (nSPS) is 16.8. The number of halogens is 2. The lowest BCUT2D eigenvalue weighted by Gasteiger charge is -2.21. The molecule has 0 N–H and O–H groups in total. The van der Waals surface area contributed by atoms with Gasteiger partial charge in [-0.3, -0.25) is 23.9 Å². The first-order chi connectivity index (χ1) is 15.8. The van der Waals surface area contributed by atoms with E-state index in [1.165, 1.54) is 10.6 Å². The standard InChI is InChI=1S/C24H26N4O2S2.2ClH/c29-17-20(30)24-21(8-3-6-19-7-5-11-25-16-19)32-18-27(24)13-1-2-15-31-23-10-4-9-22-26-12-14-28(22)23;;/h4-5,7-12,14,16-17,24H,1-3,6,13,15,18H2;2*1H. The lowest BCUT2D eigenvalue weighted by Crippen LogP contribution is -2.38. The van der Waals surface area contributed by atoms with Crippen LogP contribution in [-0.2, 0) is 16.0 Å². The number of carbonyl (C=O) groups excluding carboxylic acids is 2. The van der Waals surface area contributed by atoms with Crippen molar-refractivity contribution in [2.24, 2.45) is 0 Å². The van der Waals surface area contributed by atoms with Crippen LogP contribution in [-0.4, -0.2) is 55.6 Å². The van der Waals surface area contributed by atoms with Crippen molar-refractivity contribution in [2.45, 2.75) is 36.8 Å². The first-order valence-electron chi connectivity index (χ1n) is 10.8. The number of fused-ring (bicyclic) bond motifs is 1. The second-order valence-electron chi connectivity index (χ2n) is 7.59. The van der Waals surface area contributed by atoms with Gasteiger partial charge < -0.3 is 0 Å². The van der Waals surface area contributed by atoms with Gasteiger partial charge in [-0.1, -0.05) is 18.2 Å². The van der Waals surface area contributed by atoms with Crippen molar-refractivity contribution in [3.63, 3.8) is 0 Å². The van der Waals surface area contributed by atoms with Gasteiger partial charge in [0.15, 0.2) is 6.29 Å². The van der Waals surface area contributed by atoms with E-state index in [1.807, 2.05) is 48.6 Å². The summed E-state index contributed by atoms with van der Waals surface area (Å²) in [5.41, 5.74) is 2.13. The lowest BCUT2D eigenvalue weighted by molar-refractivity contribution is -0.132. The van der Waals surface area contributed by atoms with E-state index in [9.17, 15) is 9.59 Å². The largest absolute Gasteiger partial charge is 0.295 e. The minimum absolute atomic E-state index is 0. The maximum Gasteiger partial charge on any atom is 0.217 e. The third-order valence-electron chi connectivity index (χ3n) is 5.40. The fourth-order valence-corrected chi connectivity index (χ4v) is 6.08. The molecule has 1 unspecified atom stereocenters. The molecular weight excluding hydrogens is 511 g/mol. The van der Waals surface area contributed by atoms with Crippen LogP contribution < -0.4 is 0 Å². The van der Waals surface area contributed by atoms with Crippen molar-refractivity contribution in [1.29, 1.82) is 0 Å². The van der Waals surface area contributed by atoms with Crippen molar-refractivity contribution >= 4 is 66.1 Å². The van der Waals surface area contributed by atoms with Gasteiger partial charge in [-0.05, 0) is 55.2 Å². The number of hydrogen-bond donors (Lipinski definition) is 0. The molecule has 1 atom stereocenters. The van der Waals surface area contributed by atoms with Gasteiger partial charge in [0.25, 0.3) is 0 Å². The molecule has 3 aromatic heterocycles. The van der Waals surface area contributed by atoms with Crippen molar-refractivity contribution in [3.8, 4) is 0 Å². The molecule has 0 aliphatic carbocycles. The highest BCUT2D eigenvalue weighted by Gasteiger charge is 2.34. The van der Waals surface area contributed by atoms with Crippen LogP contribution in [0.4, 0.5) is 0 Å². The van der Waals surface area contributed by atoms with Crippen LogP contribution in [0.5, 0.6) is 0 Å². The summed E-state index contributed by atoms with van der Waals surface area (Å²) in [4.78, 5) is 35.2. The number of allylic oxidation sites excluding steroid dienone is 1. The average Bonchev–Trinajstić information content (AvgIpc) is 3.46. The van der Waals surface area contributed by atoms with Gasteiger partial charge in [-0.25, -0.2) is 4.98 Å². The second-order valence-corrected chi connectivity index (χ2v) is 9.72. The Bertz CT molecular complexity index is 1090. The third kappa shape index (κ3) is 7.33. The summed E-state index contributed by atoms with van der Waals surface area (Å²) in [6.45, 7) is 0.813. The summed E-state index contributed by atoms with van der Waals surface area (Å²) in [7, 11) is 0. The molecule has 0 radical (unpaired) electrons. The van der Waals surface area contributed by atoms with Gasteiger partial charge in [0.2, 0.25) is 5.78 Å². The Kier molecular flexibility index (Phi) is 12.1. The average molecular weight is 540 g/mol. The van der Waals surface area contributed by atoms with Crippen LogP contribution in [0.2, 0.25) is 0 Å². The summed E-state index contributed by atoms with van der Waals surface area (Å²) in [5, 5.41) is 1.18. The van der Waals surface area contributed by atoms with Gasteiger partial charge in [-0.2, -0.15) is 0 Å². The zero-order valence-electron chi connectivity index (χ0n) is 18.6. The molecule has 0 aromatic carbocycles. The van der Waals surface area contributed by atoms with Crippen LogP contribution >= 0.6 is 48.3 Å². The minimum atomic E-state index is -0.418. The highest BCUT2D eigenvalue weighted by molar-refractivity contribution is 8.03. The Labute approximate surface area is 220 Å². The van der Waals surface area contributed by atoms with E-state index in [0.717, 1.165) is 54.4 Å². The van der Waals surface area contributed by atoms with Crippen LogP contribution in [0, 0.1) is 0 Å². The molecule has 0 bridgehead atoms. The number of rotatable bonds is 11. The van der Waals surface area contributed by atoms with E-state index in [-0.39, 0.29) is 30.6 Å². The highest BCUT2D eigenvalue weighted by Crippen LogP contribution is 2.34. The number of carbonyl (C=O) groups is 2. The third-order valence-corrected chi connectivity index (χ3v) is 7.70. The van der Waals surface area contributed by atoms with Crippen LogP contribution in [0.1, 0.15) is 24.8 Å². The summed E-state index contributed by atoms with van der Waals surface area (Å²) in [6.07, 6.45) is 13.8. The molecule has 0 saturated carbocycles. The van der Waals surface area contributed by atoms with Crippen molar-refractivity contribution in [1.82, 2.24) is 19.3 Å². The van der Waals surface area contributed by atoms with E-state index in [0.29, 0.717) is 6.29 Å². The smallest absolute Gasteiger partial charge is 0.217 e. The summed E-state index contributed by atoms with van der Waals surface area (Å²) in [6, 6.07) is 9.71. The Morgan fingerprint density at radius 3 is 2.85 bits per heavy atom. The molecule has 182 valence electrons. The van der Waals surface area contributed by atoms with Crippen molar-refractivity contribution < 1.29 is 9.59 Å². The first-order valence-corrected chi connectivity index (χ1v) is 12.7. The molecule has 6 nitrogen and oxygen atoms in total. The fourth-order valence-electron chi connectivity index (χ4n) is 3.80. The number of imidazole rings is 1. The van der Waals surface area contributed by atoms with Crippen LogP contribution in [0.15, 0.2) is 71.1 Å². The Hall–Kier alpha value is -1.84. The highest BCUT2D eigenvalue weighted by atomic mass is 35.5. The van der Waals surface area contributed by atoms with E-state index < -0.39 is 6.04 Å². The molecule has 1 aliphatic rings. The molecule has 0 amide bonds. The zero-order valence-corrected chi connectivity index (χ0v) is 21.9. The van der Waals surface area contributed by atoms with Crippen molar-refractivity contribution in [2.75, 3.05) is 18.2 Å². The molecule has 1 aliphatic heterocycles. The van der Waals surface area contributed by atoms with E-state index in [4.69, 9.17) is 0 Å². The molecule has 34 heavy (non-hydrogen) atoms. The molecule has 1 saturated heterocycles. The maximum atomic E-state index is 12.4. The Morgan fingerprint density at radius 2 is 2.06 bits per heavy atom. The zero-order chi connectivity index (χ0) is 22.2. The number of nitrogens with zero attached hydrogens (tertiary/aromatic N) is 4. The quantitative estimate of drug-likeness (QED) is 0.145. The number of hydrogen-bond acceptors (Lipinski definition) is 7. The molecule has 3 aromatic rings. The molecule has 10 heteroatoms. The Balaban J connectivity index is 0.00000204. The van der Waals surface area contributed by atoms with Crippen LogP contribution in [0.25, 0.3) is 5.65 Å². The van der Waals surface area contributed by atoms with Gasteiger partial charge >= 0.3 is 0 Å². The number of aryl methyl sites for hydroxylation is 1. The summed E-state index contributed by atoms with van der Waals surface area (Å²) < 4.78 is 2.10. The Morgan fingerprint density at radius 1 is 1.18 bits per heavy atom. The SMILES string of the molecule is Cl.Cl.O=CC(=O)C1C(=CCCc2cccnc2)SCN1CCCCSc1cccc2nccn12. The van der Waals surface area contributed by atoms with Gasteiger partial charge in [-0.15, -0.1) is 48.3 Å². The number of Topliss-reactive ketones (excluding diaryl/α,β-unsaturated/α-hetero) is 1. The van der Waals surface area contributed by atoms with Gasteiger partial charge in [0.1, 0.15) is 11.7 Å². The number of unbranched alkanes of at least 4 members (excludes halogenated alkanes) is 1. The monoisotopic (exact) mass is 538 g/mol. The number of thioether (sulfide) groups is 2. The topological polar surface area (TPSA) is 67.6 Å². The molecule has 4 heterocycles. The molecule has 1 fully saturated rings. The number of pyridine rings is 2. The number of aromatic nitrogens is 3. The van der Waals surface area contributed by atoms with E-state index >= 15 is 0 Å². The second kappa shape index (κ2) is 14.5. The predicted molar refractivity (Wildman–Crippen MR) is 144 cm³/mol.